The van der Waals surface area contributed by atoms with Gasteiger partial charge in [-0.3, -0.25) is 9.52 Å². The van der Waals surface area contributed by atoms with Crippen molar-refractivity contribution in [3.8, 4) is 5.75 Å². The molecule has 3 aromatic rings. The predicted molar refractivity (Wildman–Crippen MR) is 101 cm³/mol. The Morgan fingerprint density at radius 1 is 1.39 bits per heavy atom. The number of hydrogen-bond donors (Lipinski definition) is 1. The molecule has 1 aliphatic heterocycles. The van der Waals surface area contributed by atoms with Crippen molar-refractivity contribution < 1.29 is 27.5 Å². The summed E-state index contributed by atoms with van der Waals surface area (Å²) in [6.07, 6.45) is 1.15. The van der Waals surface area contributed by atoms with Crippen LogP contribution in [0.15, 0.2) is 39.3 Å². The molecule has 0 fully saturated rings. The highest BCUT2D eigenvalue weighted by atomic mass is 35.5. The van der Waals surface area contributed by atoms with Gasteiger partial charge in [0.15, 0.2) is 11.5 Å². The maximum Gasteiger partial charge on any atom is 0.264 e. The van der Waals surface area contributed by atoms with E-state index in [9.17, 15) is 13.2 Å². The maximum atomic E-state index is 12.9. The average Bonchev–Trinajstić information content (AvgIpc) is 3.36. The first kappa shape index (κ1) is 18.9. The summed E-state index contributed by atoms with van der Waals surface area (Å²) < 4.78 is 32.2. The highest BCUT2D eigenvalue weighted by Crippen LogP contribution is 2.31. The minimum atomic E-state index is -4.06. The fourth-order valence-electron chi connectivity index (χ4n) is 2.75. The van der Waals surface area contributed by atoms with Gasteiger partial charge in [0.25, 0.3) is 10.0 Å². The van der Waals surface area contributed by atoms with Crippen LogP contribution in [0.2, 0.25) is 5.02 Å². The minimum Gasteiger partial charge on any atom is -0.361 e. The molecule has 1 aliphatic rings. The van der Waals surface area contributed by atoms with E-state index in [2.05, 4.69) is 14.4 Å². The predicted octanol–water partition coefficient (Wildman–Crippen LogP) is 3.75. The zero-order valence-electron chi connectivity index (χ0n) is 14.4. The van der Waals surface area contributed by atoms with Gasteiger partial charge < -0.3 is 9.41 Å². The third kappa shape index (κ3) is 3.51. The Kier molecular flexibility index (Phi) is 4.88. The number of fused-ring (bicyclic) bond motifs is 1. The lowest BCUT2D eigenvalue weighted by atomic mass is 9.99. The fourth-order valence-corrected chi connectivity index (χ4v) is 5.34. The van der Waals surface area contributed by atoms with Crippen molar-refractivity contribution in [2.45, 2.75) is 24.8 Å². The van der Waals surface area contributed by atoms with Crippen molar-refractivity contribution in [1.29, 1.82) is 0 Å². The van der Waals surface area contributed by atoms with Gasteiger partial charge in [-0.15, -0.1) is 11.3 Å². The normalized spacial score (nSPS) is 13.2. The Bertz CT molecular complexity index is 1170. The van der Waals surface area contributed by atoms with Crippen molar-refractivity contribution in [3.05, 3.63) is 56.4 Å². The monoisotopic (exact) mass is 440 g/mol. The third-order valence-electron chi connectivity index (χ3n) is 4.16. The lowest BCUT2D eigenvalue weighted by Gasteiger charge is -2.09. The molecule has 1 N–H and O–H groups in total. The van der Waals surface area contributed by atoms with Gasteiger partial charge >= 0.3 is 0 Å². The molecule has 0 spiro atoms. The number of carbonyl (C=O) groups excluding carboxylic acids is 1. The number of ketones is 1. The quantitative estimate of drug-likeness (QED) is 0.459. The molecule has 1 aromatic carbocycles. The number of thiophene rings is 1. The highest BCUT2D eigenvalue weighted by Gasteiger charge is 2.26. The number of Topliss-reactive ketones (excluding diaryl/α,β-unsaturated/α-hetero) is 1. The van der Waals surface area contributed by atoms with E-state index >= 15 is 0 Å². The van der Waals surface area contributed by atoms with Crippen LogP contribution in [0.25, 0.3) is 0 Å². The molecule has 0 atom stereocenters. The molecule has 0 aliphatic carbocycles. The molecular weight excluding hydrogens is 428 g/mol. The van der Waals surface area contributed by atoms with Crippen LogP contribution in [0.3, 0.4) is 0 Å². The van der Waals surface area contributed by atoms with Crippen molar-refractivity contribution in [2.24, 2.45) is 0 Å². The van der Waals surface area contributed by atoms with Crippen LogP contribution in [0.5, 0.6) is 5.75 Å². The van der Waals surface area contributed by atoms with Gasteiger partial charge in [0.1, 0.15) is 22.8 Å². The van der Waals surface area contributed by atoms with Gasteiger partial charge in [-0.2, -0.15) is 4.89 Å². The van der Waals surface area contributed by atoms with Crippen LogP contribution in [0, 0.1) is 6.92 Å². The molecule has 0 saturated carbocycles. The average molecular weight is 441 g/mol. The molecule has 3 heterocycles. The molecule has 4 rings (SSSR count). The second kappa shape index (κ2) is 7.21. The number of sulfonamides is 1. The van der Waals surface area contributed by atoms with Crippen LogP contribution in [0.1, 0.15) is 26.4 Å². The summed E-state index contributed by atoms with van der Waals surface area (Å²) in [5, 5.41) is 5.06. The van der Waals surface area contributed by atoms with E-state index in [1.807, 2.05) is 13.0 Å². The summed E-state index contributed by atoms with van der Waals surface area (Å²) in [6, 6.07) is 5.00. The van der Waals surface area contributed by atoms with Gasteiger partial charge in [0.2, 0.25) is 5.82 Å². The van der Waals surface area contributed by atoms with Crippen molar-refractivity contribution in [1.82, 2.24) is 5.16 Å². The second-order valence-electron chi connectivity index (χ2n) is 6.06. The topological polar surface area (TPSA) is 108 Å². The van der Waals surface area contributed by atoms with E-state index in [4.69, 9.17) is 21.4 Å². The summed E-state index contributed by atoms with van der Waals surface area (Å²) >= 11 is 6.87. The molecule has 0 bridgehead atoms. The first-order chi connectivity index (χ1) is 13.3. The Morgan fingerprint density at radius 3 is 2.96 bits per heavy atom. The Labute approximate surface area is 169 Å². The van der Waals surface area contributed by atoms with Crippen LogP contribution in [-0.4, -0.2) is 19.4 Å². The molecule has 0 radical (unpaired) electrons. The van der Waals surface area contributed by atoms with Gasteiger partial charge in [0, 0.05) is 12.0 Å². The van der Waals surface area contributed by atoms with Crippen LogP contribution >= 0.6 is 22.9 Å². The molecule has 0 amide bonds. The van der Waals surface area contributed by atoms with E-state index in [0.29, 0.717) is 12.4 Å². The summed E-state index contributed by atoms with van der Waals surface area (Å²) in [7, 11) is -4.06. The number of nitrogens with zero attached hydrogens (tertiary/aromatic N) is 1. The summed E-state index contributed by atoms with van der Waals surface area (Å²) in [5.74, 6) is 0.173. The zero-order valence-corrected chi connectivity index (χ0v) is 16.8. The van der Waals surface area contributed by atoms with Gasteiger partial charge in [0.05, 0.1) is 4.88 Å². The Hall–Kier alpha value is -2.40. The molecule has 0 unspecified atom stereocenters. The van der Waals surface area contributed by atoms with E-state index < -0.39 is 10.0 Å². The number of aryl methyl sites for hydroxylation is 1. The van der Waals surface area contributed by atoms with Gasteiger partial charge in [-0.05, 0) is 41.6 Å². The number of halogens is 1. The molecule has 11 heteroatoms. The summed E-state index contributed by atoms with van der Waals surface area (Å²) in [4.78, 5) is 22.8. The largest absolute Gasteiger partial charge is 0.361 e. The van der Waals surface area contributed by atoms with Crippen LogP contribution in [0.4, 0.5) is 5.82 Å². The number of aromatic nitrogens is 1. The van der Waals surface area contributed by atoms with Gasteiger partial charge in [-0.1, -0.05) is 16.8 Å². The smallest absolute Gasteiger partial charge is 0.264 e. The molecule has 146 valence electrons. The fraction of sp³-hybridized carbons (Fsp3) is 0.176. The van der Waals surface area contributed by atoms with Crippen molar-refractivity contribution in [3.63, 3.8) is 0 Å². The third-order valence-corrected chi connectivity index (χ3v) is 6.90. The van der Waals surface area contributed by atoms with Crippen molar-refractivity contribution in [2.75, 3.05) is 4.72 Å². The molecule has 8 nitrogen and oxygen atoms in total. The zero-order chi connectivity index (χ0) is 19.9. The number of nitrogens with one attached hydrogen (secondary N) is 1. The molecule has 28 heavy (non-hydrogen) atoms. The second-order valence-corrected chi connectivity index (χ2v) is 9.04. The number of rotatable bonds is 6. The Balaban J connectivity index is 1.60. The van der Waals surface area contributed by atoms with Gasteiger partial charge in [-0.25, -0.2) is 8.42 Å². The van der Waals surface area contributed by atoms with E-state index in [1.54, 1.807) is 11.4 Å². The van der Waals surface area contributed by atoms with E-state index in [0.717, 1.165) is 34.3 Å². The minimum absolute atomic E-state index is 0.0184. The molecule has 0 saturated heterocycles. The number of hydrogen-bond acceptors (Lipinski definition) is 8. The number of carbonyl (C=O) groups is 1. The lowest BCUT2D eigenvalue weighted by molar-refractivity contribution is -0.194. The molecular formula is C17H13ClN2O6S2. The summed E-state index contributed by atoms with van der Waals surface area (Å²) in [6.45, 7) is 2.16. The van der Waals surface area contributed by atoms with Crippen LogP contribution < -0.4 is 9.61 Å². The first-order valence-electron chi connectivity index (χ1n) is 8.00. The maximum absolute atomic E-state index is 12.9. The molecule has 2 aromatic heterocycles. The van der Waals surface area contributed by atoms with Crippen molar-refractivity contribution >= 4 is 44.6 Å². The standard InChI is InChI=1S/C17H13ClN2O6S2/c1-9-4-14-11(7-25-26-14)5-10(9)6-13(21)16-15(2-3-27-16)28(22,23)20-17-12(18)8-24-19-17/h2-5,8H,6-7H2,1H3,(H,19,20). The number of benzene rings is 1. The Morgan fingerprint density at radius 2 is 2.21 bits per heavy atom. The number of anilines is 1. The lowest BCUT2D eigenvalue weighted by Crippen LogP contribution is -2.16. The first-order valence-corrected chi connectivity index (χ1v) is 10.7. The summed E-state index contributed by atoms with van der Waals surface area (Å²) in [5.41, 5.74) is 2.47. The highest BCUT2D eigenvalue weighted by molar-refractivity contribution is 7.93. The van der Waals surface area contributed by atoms with E-state index in [1.165, 1.54) is 6.07 Å². The SMILES string of the molecule is Cc1cc2c(cc1CC(=O)c1sccc1S(=O)(=O)Nc1nocc1Cl)COO2. The van der Waals surface area contributed by atoms with E-state index in [-0.39, 0.29) is 32.8 Å². The van der Waals surface area contributed by atoms with Crippen LogP contribution in [-0.2, 0) is 27.9 Å².